The predicted molar refractivity (Wildman–Crippen MR) is 132 cm³/mol. The minimum atomic E-state index is -0.577. The van der Waals surface area contributed by atoms with Crippen molar-refractivity contribution in [2.75, 3.05) is 29.9 Å². The van der Waals surface area contributed by atoms with Gasteiger partial charge in [0.25, 0.3) is 0 Å². The molecular weight excluding hydrogens is 430 g/mol. The fraction of sp³-hybridized carbons (Fsp3) is 0.360. The molecule has 2 aliphatic heterocycles. The first-order chi connectivity index (χ1) is 16.4. The van der Waals surface area contributed by atoms with E-state index in [4.69, 9.17) is 4.98 Å². The summed E-state index contributed by atoms with van der Waals surface area (Å²) >= 11 is 0. The number of nitrogens with one attached hydrogen (secondary N) is 3. The lowest BCUT2D eigenvalue weighted by Crippen LogP contribution is -2.35. The number of carbonyl (C=O) groups is 2. The van der Waals surface area contributed by atoms with Crippen LogP contribution in [0.25, 0.3) is 33.5 Å². The average Bonchev–Trinajstić information content (AvgIpc) is 3.59. The molecule has 0 saturated carbocycles. The van der Waals surface area contributed by atoms with Crippen LogP contribution in [-0.2, 0) is 10.2 Å². The van der Waals surface area contributed by atoms with Gasteiger partial charge >= 0.3 is 6.03 Å². The van der Waals surface area contributed by atoms with Crippen LogP contribution in [0.1, 0.15) is 39.2 Å². The van der Waals surface area contributed by atoms with Crippen molar-refractivity contribution >= 4 is 45.2 Å². The van der Waals surface area contributed by atoms with E-state index in [1.165, 1.54) is 0 Å². The quantitative estimate of drug-likeness (QED) is 0.424. The molecular formula is C25H27N7O2. The summed E-state index contributed by atoms with van der Waals surface area (Å²) in [4.78, 5) is 37.2. The van der Waals surface area contributed by atoms with E-state index in [9.17, 15) is 9.59 Å². The van der Waals surface area contributed by atoms with Crippen LogP contribution < -0.4 is 10.2 Å². The van der Waals surface area contributed by atoms with E-state index in [1.54, 1.807) is 0 Å². The van der Waals surface area contributed by atoms with Gasteiger partial charge in [-0.15, -0.1) is 0 Å². The van der Waals surface area contributed by atoms with Gasteiger partial charge < -0.3 is 20.1 Å². The number of anilines is 2. The van der Waals surface area contributed by atoms with E-state index in [0.717, 1.165) is 64.8 Å². The molecule has 9 heteroatoms. The Bertz CT molecular complexity index is 1460. The molecule has 1 fully saturated rings. The SMILES string of the molecule is CCN1C(=O)C(C)(C)c2cc3[nH]c(-c4n[nH]c5ccc(NC(=O)N6CCCC6)cc45)nc3cc21. The van der Waals surface area contributed by atoms with Gasteiger partial charge in [-0.2, -0.15) is 5.10 Å². The van der Waals surface area contributed by atoms with Crippen molar-refractivity contribution in [1.82, 2.24) is 25.1 Å². The number of urea groups is 1. The number of H-pyrrole nitrogens is 2. The molecule has 0 radical (unpaired) electrons. The average molecular weight is 458 g/mol. The first-order valence-corrected chi connectivity index (χ1v) is 11.8. The number of aromatic nitrogens is 4. The third-order valence-corrected chi connectivity index (χ3v) is 7.09. The molecule has 0 spiro atoms. The first kappa shape index (κ1) is 20.7. The van der Waals surface area contributed by atoms with Crippen molar-refractivity contribution in [3.8, 4) is 11.5 Å². The van der Waals surface area contributed by atoms with Crippen molar-refractivity contribution < 1.29 is 9.59 Å². The zero-order valence-electron chi connectivity index (χ0n) is 19.5. The van der Waals surface area contributed by atoms with E-state index >= 15 is 0 Å². The van der Waals surface area contributed by atoms with Gasteiger partial charge in [-0.25, -0.2) is 9.78 Å². The minimum Gasteiger partial charge on any atom is -0.337 e. The standard InChI is InChI=1S/C25H27N7O2/c1-4-32-20-13-19-18(12-16(20)25(2,3)23(32)33)27-22(28-19)21-15-11-14(7-8-17(15)29-30-21)26-24(34)31-9-5-6-10-31/h7-8,11-13H,4-6,9-10H2,1-3H3,(H,26,34)(H,27,28)(H,29,30). The van der Waals surface area contributed by atoms with Gasteiger partial charge in [-0.3, -0.25) is 9.89 Å². The van der Waals surface area contributed by atoms with Crippen LogP contribution in [0.2, 0.25) is 0 Å². The van der Waals surface area contributed by atoms with Gasteiger partial charge in [0.15, 0.2) is 5.82 Å². The van der Waals surface area contributed by atoms with Crippen molar-refractivity contribution in [2.24, 2.45) is 0 Å². The highest BCUT2D eigenvalue weighted by atomic mass is 16.2. The smallest absolute Gasteiger partial charge is 0.321 e. The van der Waals surface area contributed by atoms with Crippen LogP contribution in [-0.4, -0.2) is 56.6 Å². The van der Waals surface area contributed by atoms with Crippen molar-refractivity contribution in [2.45, 2.75) is 39.0 Å². The van der Waals surface area contributed by atoms with Crippen LogP contribution in [0.4, 0.5) is 16.2 Å². The Labute approximate surface area is 196 Å². The molecule has 0 aliphatic carbocycles. The zero-order valence-corrected chi connectivity index (χ0v) is 19.5. The first-order valence-electron chi connectivity index (χ1n) is 11.8. The maximum Gasteiger partial charge on any atom is 0.321 e. The lowest BCUT2D eigenvalue weighted by atomic mass is 9.86. The van der Waals surface area contributed by atoms with E-state index in [-0.39, 0.29) is 11.9 Å². The number of benzene rings is 2. The van der Waals surface area contributed by atoms with Crippen LogP contribution in [0.3, 0.4) is 0 Å². The molecule has 4 aromatic rings. The molecule has 9 nitrogen and oxygen atoms in total. The molecule has 2 aromatic heterocycles. The molecule has 4 heterocycles. The molecule has 0 atom stereocenters. The van der Waals surface area contributed by atoms with Crippen LogP contribution in [0.5, 0.6) is 0 Å². The number of hydrogen-bond donors (Lipinski definition) is 3. The molecule has 3 N–H and O–H groups in total. The number of likely N-dealkylation sites (tertiary alicyclic amines) is 1. The summed E-state index contributed by atoms with van der Waals surface area (Å²) in [6.45, 7) is 8.13. The molecule has 0 unspecified atom stereocenters. The topological polar surface area (TPSA) is 110 Å². The largest absolute Gasteiger partial charge is 0.337 e. The summed E-state index contributed by atoms with van der Waals surface area (Å²) < 4.78 is 0. The Balaban J connectivity index is 1.39. The summed E-state index contributed by atoms with van der Waals surface area (Å²) in [5.41, 5.74) is 5.26. The fourth-order valence-electron chi connectivity index (χ4n) is 5.15. The second kappa shape index (κ2) is 7.31. The van der Waals surface area contributed by atoms with Crippen LogP contribution in [0.15, 0.2) is 30.3 Å². The highest BCUT2D eigenvalue weighted by Crippen LogP contribution is 2.43. The highest BCUT2D eigenvalue weighted by Gasteiger charge is 2.43. The molecule has 3 amide bonds. The molecule has 6 rings (SSSR count). The Morgan fingerprint density at radius 2 is 1.94 bits per heavy atom. The number of aromatic amines is 2. The predicted octanol–water partition coefficient (Wildman–Crippen LogP) is 4.38. The number of imidazole rings is 1. The molecule has 1 saturated heterocycles. The number of likely N-dealkylation sites (N-methyl/N-ethyl adjacent to an activating group) is 1. The molecule has 34 heavy (non-hydrogen) atoms. The number of nitrogens with zero attached hydrogens (tertiary/aromatic N) is 4. The number of rotatable bonds is 3. The maximum atomic E-state index is 12.9. The van der Waals surface area contributed by atoms with Crippen molar-refractivity contribution in [3.05, 3.63) is 35.9 Å². The monoisotopic (exact) mass is 457 g/mol. The van der Waals surface area contributed by atoms with E-state index in [0.29, 0.717) is 18.1 Å². The van der Waals surface area contributed by atoms with Crippen molar-refractivity contribution in [1.29, 1.82) is 0 Å². The number of fused-ring (bicyclic) bond motifs is 3. The van der Waals surface area contributed by atoms with Gasteiger partial charge in [-0.1, -0.05) is 0 Å². The number of amides is 3. The van der Waals surface area contributed by atoms with Gasteiger partial charge in [0.1, 0.15) is 5.69 Å². The molecule has 2 aromatic carbocycles. The lowest BCUT2D eigenvalue weighted by Gasteiger charge is -2.18. The van der Waals surface area contributed by atoms with Gasteiger partial charge in [0.2, 0.25) is 5.91 Å². The van der Waals surface area contributed by atoms with Crippen LogP contribution in [0, 0.1) is 0 Å². The van der Waals surface area contributed by atoms with E-state index in [1.807, 2.05) is 60.9 Å². The van der Waals surface area contributed by atoms with Gasteiger partial charge in [0.05, 0.1) is 27.7 Å². The van der Waals surface area contributed by atoms with Crippen molar-refractivity contribution in [3.63, 3.8) is 0 Å². The third-order valence-electron chi connectivity index (χ3n) is 7.09. The molecule has 2 aliphatic rings. The van der Waals surface area contributed by atoms with Gasteiger partial charge in [0, 0.05) is 30.7 Å². The summed E-state index contributed by atoms with van der Waals surface area (Å²) in [7, 11) is 0. The summed E-state index contributed by atoms with van der Waals surface area (Å²) in [6.07, 6.45) is 2.10. The van der Waals surface area contributed by atoms with E-state index < -0.39 is 5.41 Å². The van der Waals surface area contributed by atoms with Crippen LogP contribution >= 0.6 is 0 Å². The second-order valence-corrected chi connectivity index (χ2v) is 9.60. The number of carbonyl (C=O) groups excluding carboxylic acids is 2. The normalized spacial score (nSPS) is 17.2. The molecule has 174 valence electrons. The summed E-state index contributed by atoms with van der Waals surface area (Å²) in [5, 5.41) is 11.4. The Kier molecular flexibility index (Phi) is 4.45. The lowest BCUT2D eigenvalue weighted by molar-refractivity contribution is -0.122. The Morgan fingerprint density at radius 1 is 1.15 bits per heavy atom. The van der Waals surface area contributed by atoms with Gasteiger partial charge in [-0.05, 0) is 69.5 Å². The Morgan fingerprint density at radius 3 is 2.71 bits per heavy atom. The highest BCUT2D eigenvalue weighted by molar-refractivity contribution is 6.09. The summed E-state index contributed by atoms with van der Waals surface area (Å²) in [6, 6.07) is 9.66. The third kappa shape index (κ3) is 2.99. The second-order valence-electron chi connectivity index (χ2n) is 9.60. The number of hydrogen-bond acceptors (Lipinski definition) is 4. The summed E-state index contributed by atoms with van der Waals surface area (Å²) in [5.74, 6) is 0.750. The minimum absolute atomic E-state index is 0.0715. The molecule has 0 bridgehead atoms. The van der Waals surface area contributed by atoms with E-state index in [2.05, 4.69) is 20.5 Å². The zero-order chi connectivity index (χ0) is 23.6. The maximum absolute atomic E-state index is 12.9. The Hall–Kier alpha value is -3.88. The fourth-order valence-corrected chi connectivity index (χ4v) is 5.15.